The van der Waals surface area contributed by atoms with Crippen LogP contribution < -0.4 is 0 Å². The number of carbonyl (C=O) groups excluding carboxylic acids is 2. The molecule has 4 atom stereocenters. The van der Waals surface area contributed by atoms with E-state index in [-0.39, 0.29) is 36.9 Å². The lowest BCUT2D eigenvalue weighted by molar-refractivity contribution is -0.141. The predicted molar refractivity (Wildman–Crippen MR) is 94.3 cm³/mol. The van der Waals surface area contributed by atoms with Gasteiger partial charge in [-0.05, 0) is 23.3 Å². The van der Waals surface area contributed by atoms with Crippen molar-refractivity contribution < 1.29 is 24.2 Å². The van der Waals surface area contributed by atoms with Crippen LogP contribution in [0.2, 0.25) is 0 Å². The smallest absolute Gasteiger partial charge is 0.338 e. The van der Waals surface area contributed by atoms with Gasteiger partial charge < -0.3 is 14.6 Å². The van der Waals surface area contributed by atoms with Crippen LogP contribution in [-0.2, 0) is 14.3 Å². The molecule has 2 aromatic rings. The Morgan fingerprint density at radius 2 is 1.77 bits per heavy atom. The van der Waals surface area contributed by atoms with Crippen molar-refractivity contribution in [3.05, 3.63) is 60.2 Å². The first-order chi connectivity index (χ1) is 12.7. The third kappa shape index (κ3) is 3.10. The molecule has 26 heavy (non-hydrogen) atoms. The van der Waals surface area contributed by atoms with Gasteiger partial charge in [0.2, 0.25) is 0 Å². The fraction of sp³-hybridized carbons (Fsp3) is 0.333. The van der Waals surface area contributed by atoms with Gasteiger partial charge in [-0.3, -0.25) is 4.79 Å². The van der Waals surface area contributed by atoms with Crippen molar-refractivity contribution in [2.24, 2.45) is 11.8 Å². The van der Waals surface area contributed by atoms with E-state index in [0.717, 1.165) is 11.1 Å². The molecule has 0 amide bonds. The Hall–Kier alpha value is -2.66. The van der Waals surface area contributed by atoms with E-state index in [4.69, 9.17) is 9.47 Å². The minimum absolute atomic E-state index is 0.0641. The highest BCUT2D eigenvalue weighted by Gasteiger charge is 2.51. The Bertz CT molecular complexity index is 799. The van der Waals surface area contributed by atoms with Gasteiger partial charge >= 0.3 is 11.9 Å². The number of benzene rings is 2. The summed E-state index contributed by atoms with van der Waals surface area (Å²) in [5, 5.41) is 9.66. The largest absolute Gasteiger partial charge is 0.462 e. The SMILES string of the molecule is O=C1C[C@@H]2[C@@H](CO)[C@@H](OC(=O)c3ccc(-c4ccccc4)cc3)C[C@H]2O1. The number of ether oxygens (including phenoxy) is 2. The number of carbonyl (C=O) groups is 2. The summed E-state index contributed by atoms with van der Waals surface area (Å²) in [5.74, 6) is -0.969. The van der Waals surface area contributed by atoms with E-state index in [1.165, 1.54) is 0 Å². The first-order valence-corrected chi connectivity index (χ1v) is 8.82. The summed E-state index contributed by atoms with van der Waals surface area (Å²) in [6.07, 6.45) is 0.0628. The highest BCUT2D eigenvalue weighted by molar-refractivity contribution is 5.90. The number of esters is 2. The van der Waals surface area contributed by atoms with Crippen molar-refractivity contribution in [2.45, 2.75) is 25.0 Å². The molecule has 2 fully saturated rings. The van der Waals surface area contributed by atoms with Gasteiger partial charge in [0.1, 0.15) is 12.2 Å². The van der Waals surface area contributed by atoms with Crippen LogP contribution in [0.4, 0.5) is 0 Å². The molecule has 5 nitrogen and oxygen atoms in total. The maximum absolute atomic E-state index is 12.5. The molecule has 5 heteroatoms. The quantitative estimate of drug-likeness (QED) is 0.857. The molecule has 0 spiro atoms. The average molecular weight is 352 g/mol. The van der Waals surface area contributed by atoms with Crippen LogP contribution in [0.3, 0.4) is 0 Å². The van der Waals surface area contributed by atoms with Crippen molar-refractivity contribution in [1.82, 2.24) is 0 Å². The second-order valence-corrected chi connectivity index (χ2v) is 6.87. The molecule has 4 rings (SSSR count). The van der Waals surface area contributed by atoms with Gasteiger partial charge in [-0.2, -0.15) is 0 Å². The zero-order valence-corrected chi connectivity index (χ0v) is 14.2. The van der Waals surface area contributed by atoms with Gasteiger partial charge in [0, 0.05) is 24.9 Å². The average Bonchev–Trinajstić information content (AvgIpc) is 3.17. The second-order valence-electron chi connectivity index (χ2n) is 6.87. The number of rotatable bonds is 4. The van der Waals surface area contributed by atoms with Crippen LogP contribution in [0.5, 0.6) is 0 Å². The molecule has 1 heterocycles. The minimum Gasteiger partial charge on any atom is -0.462 e. The summed E-state index contributed by atoms with van der Waals surface area (Å²) in [6, 6.07) is 17.2. The molecule has 0 bridgehead atoms. The van der Waals surface area contributed by atoms with Crippen molar-refractivity contribution in [3.8, 4) is 11.1 Å². The van der Waals surface area contributed by atoms with Crippen LogP contribution in [0.15, 0.2) is 54.6 Å². The number of aliphatic hydroxyl groups excluding tert-OH is 1. The van der Waals surface area contributed by atoms with Crippen molar-refractivity contribution in [2.75, 3.05) is 6.61 Å². The van der Waals surface area contributed by atoms with E-state index >= 15 is 0 Å². The minimum atomic E-state index is -0.426. The Labute approximate surface area is 151 Å². The monoisotopic (exact) mass is 352 g/mol. The van der Waals surface area contributed by atoms with Gasteiger partial charge in [-0.1, -0.05) is 42.5 Å². The highest BCUT2D eigenvalue weighted by Crippen LogP contribution is 2.42. The van der Waals surface area contributed by atoms with Crippen molar-refractivity contribution in [1.29, 1.82) is 0 Å². The number of hydrogen-bond donors (Lipinski definition) is 1. The lowest BCUT2D eigenvalue weighted by Gasteiger charge is -2.20. The lowest BCUT2D eigenvalue weighted by Crippen LogP contribution is -2.28. The zero-order valence-electron chi connectivity index (χ0n) is 14.2. The van der Waals surface area contributed by atoms with Crippen LogP contribution in [0.25, 0.3) is 11.1 Å². The molecule has 1 saturated heterocycles. The van der Waals surface area contributed by atoms with Gasteiger partial charge in [-0.25, -0.2) is 4.79 Å². The van der Waals surface area contributed by atoms with E-state index in [1.54, 1.807) is 12.1 Å². The third-order valence-corrected chi connectivity index (χ3v) is 5.35. The van der Waals surface area contributed by atoms with E-state index in [1.807, 2.05) is 42.5 Å². The molecular weight excluding hydrogens is 332 g/mol. The standard InChI is InChI=1S/C21H20O5/c22-12-17-16-10-20(23)25-18(16)11-19(17)26-21(24)15-8-6-14(7-9-15)13-4-2-1-3-5-13/h1-9,16-19,22H,10-12H2/t16-,17-,18-,19+/m1/s1. The third-order valence-electron chi connectivity index (χ3n) is 5.35. The lowest BCUT2D eigenvalue weighted by atomic mass is 9.93. The van der Waals surface area contributed by atoms with E-state index in [2.05, 4.69) is 0 Å². The molecule has 2 aromatic carbocycles. The van der Waals surface area contributed by atoms with E-state index < -0.39 is 12.1 Å². The fourth-order valence-corrected chi connectivity index (χ4v) is 3.98. The summed E-state index contributed by atoms with van der Waals surface area (Å²) >= 11 is 0. The van der Waals surface area contributed by atoms with Gasteiger partial charge in [-0.15, -0.1) is 0 Å². The molecule has 1 N–H and O–H groups in total. The summed E-state index contributed by atoms with van der Waals surface area (Å²) < 4.78 is 10.9. The summed E-state index contributed by atoms with van der Waals surface area (Å²) in [4.78, 5) is 23.9. The first kappa shape index (κ1) is 16.8. The normalized spacial score (nSPS) is 27.0. The Kier molecular flexibility index (Phi) is 4.47. The topological polar surface area (TPSA) is 72.8 Å². The van der Waals surface area contributed by atoms with E-state index in [9.17, 15) is 14.7 Å². The molecule has 1 saturated carbocycles. The summed E-state index contributed by atoms with van der Waals surface area (Å²) in [7, 11) is 0. The molecule has 1 aliphatic heterocycles. The number of hydrogen-bond acceptors (Lipinski definition) is 5. The van der Waals surface area contributed by atoms with Gasteiger partial charge in [0.25, 0.3) is 0 Å². The van der Waals surface area contributed by atoms with Gasteiger partial charge in [0.15, 0.2) is 0 Å². The molecule has 2 aliphatic rings. The maximum Gasteiger partial charge on any atom is 0.338 e. The van der Waals surface area contributed by atoms with Crippen LogP contribution >= 0.6 is 0 Å². The number of fused-ring (bicyclic) bond motifs is 1. The van der Waals surface area contributed by atoms with Gasteiger partial charge in [0.05, 0.1) is 12.0 Å². The maximum atomic E-state index is 12.5. The van der Waals surface area contributed by atoms with Crippen molar-refractivity contribution in [3.63, 3.8) is 0 Å². The summed E-state index contributed by atoms with van der Waals surface area (Å²) in [6.45, 7) is -0.122. The second kappa shape index (κ2) is 6.92. The Morgan fingerprint density at radius 1 is 1.08 bits per heavy atom. The van der Waals surface area contributed by atoms with Crippen molar-refractivity contribution >= 4 is 11.9 Å². The molecule has 0 aromatic heterocycles. The summed E-state index contributed by atoms with van der Waals surface area (Å²) in [5.41, 5.74) is 2.58. The van der Waals surface area contributed by atoms with Crippen LogP contribution in [-0.4, -0.2) is 35.9 Å². The first-order valence-electron chi connectivity index (χ1n) is 8.82. The molecular formula is C21H20O5. The predicted octanol–water partition coefficient (Wildman–Crippen LogP) is 2.82. The molecule has 1 aliphatic carbocycles. The number of aliphatic hydroxyl groups is 1. The van der Waals surface area contributed by atoms with Crippen LogP contribution in [0.1, 0.15) is 23.2 Å². The molecule has 0 radical (unpaired) electrons. The highest BCUT2D eigenvalue weighted by atomic mass is 16.6. The molecule has 134 valence electrons. The zero-order chi connectivity index (χ0) is 18.1. The Morgan fingerprint density at radius 3 is 2.46 bits per heavy atom. The fourth-order valence-electron chi connectivity index (χ4n) is 3.98. The molecule has 0 unspecified atom stereocenters. The van der Waals surface area contributed by atoms with Crippen LogP contribution in [0, 0.1) is 11.8 Å². The Balaban J connectivity index is 1.44. The van der Waals surface area contributed by atoms with E-state index in [0.29, 0.717) is 12.0 Å².